The van der Waals surface area contributed by atoms with E-state index in [0.29, 0.717) is 19.2 Å². The minimum atomic E-state index is -0.381. The van der Waals surface area contributed by atoms with E-state index in [4.69, 9.17) is 4.74 Å². The third kappa shape index (κ3) is 3.94. The summed E-state index contributed by atoms with van der Waals surface area (Å²) >= 11 is 0. The maximum Gasteiger partial charge on any atom is 0.0898 e. The third-order valence-corrected chi connectivity index (χ3v) is 4.06. The predicted molar refractivity (Wildman–Crippen MR) is 69.0 cm³/mol. The van der Waals surface area contributed by atoms with Gasteiger partial charge in [-0.05, 0) is 51.9 Å². The summed E-state index contributed by atoms with van der Waals surface area (Å²) in [6, 6.07) is 0.651. The number of nitrogens with one attached hydrogen (secondary N) is 1. The minimum Gasteiger partial charge on any atom is -0.389 e. The summed E-state index contributed by atoms with van der Waals surface area (Å²) in [6.45, 7) is 7.15. The Balaban J connectivity index is 1.62. The summed E-state index contributed by atoms with van der Waals surface area (Å²) in [5, 5.41) is 13.4. The first-order valence-electron chi connectivity index (χ1n) is 6.99. The van der Waals surface area contributed by atoms with Gasteiger partial charge in [0.15, 0.2) is 0 Å². The Kier molecular flexibility index (Phi) is 4.11. The molecule has 2 aliphatic carbocycles. The van der Waals surface area contributed by atoms with Crippen molar-refractivity contribution in [3.05, 3.63) is 0 Å². The zero-order chi connectivity index (χ0) is 12.5. The van der Waals surface area contributed by atoms with Crippen LogP contribution < -0.4 is 5.32 Å². The Bertz CT molecular complexity index is 249. The first-order valence-corrected chi connectivity index (χ1v) is 6.99. The van der Waals surface area contributed by atoms with Gasteiger partial charge < -0.3 is 15.2 Å². The summed E-state index contributed by atoms with van der Waals surface area (Å²) in [5.74, 6) is 1.83. The standard InChI is InChI=1S/C14H27NO2/c1-14(2,3)17-9-12(16)8-15-13-7-10-4-5-11(13)6-10/h10-13,15-16H,4-9H2,1-3H3. The Morgan fingerprint density at radius 1 is 1.29 bits per heavy atom. The highest BCUT2D eigenvalue weighted by atomic mass is 16.5. The SMILES string of the molecule is CC(C)(C)OCC(O)CNC1CC2CCC1C2. The maximum atomic E-state index is 9.86. The molecule has 17 heavy (non-hydrogen) atoms. The predicted octanol–water partition coefficient (Wildman–Crippen LogP) is 1.94. The molecule has 3 heteroatoms. The summed E-state index contributed by atoms with van der Waals surface area (Å²) < 4.78 is 5.58. The van der Waals surface area contributed by atoms with Crippen LogP contribution in [0.5, 0.6) is 0 Å². The molecule has 2 bridgehead atoms. The molecular formula is C14H27NO2. The zero-order valence-electron chi connectivity index (χ0n) is 11.4. The van der Waals surface area contributed by atoms with Gasteiger partial charge in [0.1, 0.15) is 0 Å². The fourth-order valence-corrected chi connectivity index (χ4v) is 3.19. The molecule has 4 atom stereocenters. The fraction of sp³-hybridized carbons (Fsp3) is 1.00. The van der Waals surface area contributed by atoms with Crippen molar-refractivity contribution in [1.82, 2.24) is 5.32 Å². The minimum absolute atomic E-state index is 0.159. The van der Waals surface area contributed by atoms with Crippen molar-refractivity contribution < 1.29 is 9.84 Å². The Morgan fingerprint density at radius 3 is 2.59 bits per heavy atom. The van der Waals surface area contributed by atoms with Crippen LogP contribution in [0.15, 0.2) is 0 Å². The summed E-state index contributed by atoms with van der Waals surface area (Å²) in [4.78, 5) is 0. The highest BCUT2D eigenvalue weighted by Crippen LogP contribution is 2.44. The summed E-state index contributed by atoms with van der Waals surface area (Å²) in [5.41, 5.74) is -0.159. The monoisotopic (exact) mass is 241 g/mol. The van der Waals surface area contributed by atoms with Crippen molar-refractivity contribution in [2.75, 3.05) is 13.2 Å². The van der Waals surface area contributed by atoms with E-state index in [1.54, 1.807) is 0 Å². The zero-order valence-corrected chi connectivity index (χ0v) is 11.4. The van der Waals surface area contributed by atoms with E-state index in [0.717, 1.165) is 11.8 Å². The first kappa shape index (κ1) is 13.3. The molecule has 2 N–H and O–H groups in total. The number of rotatable bonds is 5. The molecule has 0 aromatic heterocycles. The Labute approximate surface area is 105 Å². The summed E-state index contributed by atoms with van der Waals surface area (Å²) in [6.07, 6.45) is 5.16. The molecule has 2 aliphatic rings. The van der Waals surface area contributed by atoms with Gasteiger partial charge in [0, 0.05) is 12.6 Å². The van der Waals surface area contributed by atoms with Crippen LogP contribution in [0.2, 0.25) is 0 Å². The van der Waals surface area contributed by atoms with E-state index in [1.807, 2.05) is 20.8 Å². The van der Waals surface area contributed by atoms with Crippen molar-refractivity contribution >= 4 is 0 Å². The van der Waals surface area contributed by atoms with Crippen molar-refractivity contribution in [2.45, 2.75) is 64.2 Å². The van der Waals surface area contributed by atoms with Crippen molar-refractivity contribution in [3.63, 3.8) is 0 Å². The number of ether oxygens (including phenoxy) is 1. The quantitative estimate of drug-likeness (QED) is 0.773. The third-order valence-electron chi connectivity index (χ3n) is 4.06. The lowest BCUT2D eigenvalue weighted by Crippen LogP contribution is -2.41. The van der Waals surface area contributed by atoms with E-state index in [2.05, 4.69) is 5.32 Å². The van der Waals surface area contributed by atoms with Crippen LogP contribution in [0.1, 0.15) is 46.5 Å². The molecule has 2 fully saturated rings. The van der Waals surface area contributed by atoms with E-state index >= 15 is 0 Å². The van der Waals surface area contributed by atoms with Crippen LogP contribution in [0.3, 0.4) is 0 Å². The molecule has 2 rings (SSSR count). The Hall–Kier alpha value is -0.120. The van der Waals surface area contributed by atoms with E-state index < -0.39 is 0 Å². The number of hydrogen-bond acceptors (Lipinski definition) is 3. The lowest BCUT2D eigenvalue weighted by atomic mass is 9.95. The van der Waals surface area contributed by atoms with Crippen LogP contribution >= 0.6 is 0 Å². The van der Waals surface area contributed by atoms with Crippen LogP contribution in [0, 0.1) is 11.8 Å². The smallest absolute Gasteiger partial charge is 0.0898 e. The highest BCUT2D eigenvalue weighted by molar-refractivity contribution is 4.94. The fourth-order valence-electron chi connectivity index (χ4n) is 3.19. The molecule has 3 nitrogen and oxygen atoms in total. The van der Waals surface area contributed by atoms with Crippen LogP contribution in [-0.2, 0) is 4.74 Å². The van der Waals surface area contributed by atoms with Gasteiger partial charge in [-0.2, -0.15) is 0 Å². The van der Waals surface area contributed by atoms with Gasteiger partial charge in [0.2, 0.25) is 0 Å². The first-order chi connectivity index (χ1) is 7.94. The van der Waals surface area contributed by atoms with E-state index in [-0.39, 0.29) is 11.7 Å². The molecule has 0 aromatic carbocycles. The second-order valence-corrected chi connectivity index (χ2v) is 6.77. The normalized spacial score (nSPS) is 34.2. The van der Waals surface area contributed by atoms with E-state index in [1.165, 1.54) is 25.7 Å². The molecule has 0 saturated heterocycles. The maximum absolute atomic E-state index is 9.86. The van der Waals surface area contributed by atoms with Crippen molar-refractivity contribution in [2.24, 2.45) is 11.8 Å². The van der Waals surface area contributed by atoms with Gasteiger partial charge in [-0.15, -0.1) is 0 Å². The molecule has 4 unspecified atom stereocenters. The second kappa shape index (κ2) is 5.25. The van der Waals surface area contributed by atoms with Crippen LogP contribution in [-0.4, -0.2) is 36.0 Å². The molecule has 0 radical (unpaired) electrons. The molecule has 0 heterocycles. The molecule has 0 aromatic rings. The number of aliphatic hydroxyl groups is 1. The highest BCUT2D eigenvalue weighted by Gasteiger charge is 2.39. The molecule has 0 spiro atoms. The van der Waals surface area contributed by atoms with Crippen molar-refractivity contribution in [3.8, 4) is 0 Å². The molecule has 100 valence electrons. The van der Waals surface area contributed by atoms with Crippen molar-refractivity contribution in [1.29, 1.82) is 0 Å². The average Bonchev–Trinajstić information content (AvgIpc) is 2.84. The van der Waals surface area contributed by atoms with Gasteiger partial charge >= 0.3 is 0 Å². The number of hydrogen-bond donors (Lipinski definition) is 2. The van der Waals surface area contributed by atoms with Gasteiger partial charge in [-0.25, -0.2) is 0 Å². The second-order valence-electron chi connectivity index (χ2n) is 6.77. The largest absolute Gasteiger partial charge is 0.389 e. The molecule has 0 aliphatic heterocycles. The topological polar surface area (TPSA) is 41.5 Å². The van der Waals surface area contributed by atoms with Crippen LogP contribution in [0.25, 0.3) is 0 Å². The molecule has 2 saturated carbocycles. The summed E-state index contributed by atoms with van der Waals surface area (Å²) in [7, 11) is 0. The molecular weight excluding hydrogens is 214 g/mol. The van der Waals surface area contributed by atoms with Gasteiger partial charge in [-0.1, -0.05) is 6.42 Å². The van der Waals surface area contributed by atoms with Crippen LogP contribution in [0.4, 0.5) is 0 Å². The van der Waals surface area contributed by atoms with Gasteiger partial charge in [0.25, 0.3) is 0 Å². The lowest BCUT2D eigenvalue weighted by molar-refractivity contribution is -0.0486. The van der Waals surface area contributed by atoms with Gasteiger partial charge in [-0.3, -0.25) is 0 Å². The Morgan fingerprint density at radius 2 is 2.06 bits per heavy atom. The van der Waals surface area contributed by atoms with Gasteiger partial charge in [0.05, 0.1) is 18.3 Å². The average molecular weight is 241 g/mol. The lowest BCUT2D eigenvalue weighted by Gasteiger charge is -2.26. The van der Waals surface area contributed by atoms with E-state index in [9.17, 15) is 5.11 Å². The number of fused-ring (bicyclic) bond motifs is 2. The number of aliphatic hydroxyl groups excluding tert-OH is 1. The molecule has 0 amide bonds.